The quantitative estimate of drug-likeness (QED) is 0.439. The highest BCUT2D eigenvalue weighted by atomic mass is 16.4. The zero-order chi connectivity index (χ0) is 13.6. The lowest BCUT2D eigenvalue weighted by Gasteiger charge is -2.01. The molecule has 0 aliphatic heterocycles. The number of fused-ring (bicyclic) bond motifs is 3. The summed E-state index contributed by atoms with van der Waals surface area (Å²) >= 11 is 0. The minimum absolute atomic E-state index is 0.243. The third-order valence-corrected chi connectivity index (χ3v) is 3.14. The second-order valence-electron chi connectivity index (χ2n) is 4.29. The molecule has 0 fully saturated rings. The van der Waals surface area contributed by atoms with E-state index in [1.165, 1.54) is 0 Å². The summed E-state index contributed by atoms with van der Waals surface area (Å²) in [5.74, 6) is 0. The first kappa shape index (κ1) is 12.3. The molecule has 0 bridgehead atoms. The third-order valence-electron chi connectivity index (χ3n) is 3.14. The Balaban J connectivity index is 2.47. The molecule has 19 heavy (non-hydrogen) atoms. The third kappa shape index (κ3) is 1.84. The van der Waals surface area contributed by atoms with E-state index in [-0.39, 0.29) is 5.46 Å². The highest BCUT2D eigenvalue weighted by Crippen LogP contribution is 2.26. The molecule has 0 atom stereocenters. The average Bonchev–Trinajstić information content (AvgIpc) is 2.76. The van der Waals surface area contributed by atoms with Gasteiger partial charge >= 0.3 is 14.2 Å². The molecule has 0 saturated heterocycles. The number of para-hydroxylation sites is 1. The van der Waals surface area contributed by atoms with E-state index >= 15 is 0 Å². The Kier molecular flexibility index (Phi) is 2.83. The van der Waals surface area contributed by atoms with Crippen molar-refractivity contribution in [2.75, 3.05) is 0 Å². The van der Waals surface area contributed by atoms with Crippen LogP contribution in [0.25, 0.3) is 21.9 Å². The predicted octanol–water partition coefficient (Wildman–Crippen LogP) is -1.05. The highest BCUT2D eigenvalue weighted by molar-refractivity contribution is 6.64. The maximum Gasteiger partial charge on any atom is 0.492 e. The van der Waals surface area contributed by atoms with Gasteiger partial charge in [-0.3, -0.25) is 0 Å². The summed E-state index contributed by atoms with van der Waals surface area (Å²) in [6.45, 7) is 0. The second kappa shape index (κ2) is 4.40. The van der Waals surface area contributed by atoms with Crippen molar-refractivity contribution in [3.63, 3.8) is 0 Å². The van der Waals surface area contributed by atoms with Crippen molar-refractivity contribution < 1.29 is 24.5 Å². The lowest BCUT2D eigenvalue weighted by atomic mass is 9.76. The fourth-order valence-electron chi connectivity index (χ4n) is 2.32. The van der Waals surface area contributed by atoms with Gasteiger partial charge in [-0.05, 0) is 11.5 Å². The van der Waals surface area contributed by atoms with Crippen molar-refractivity contribution in [2.24, 2.45) is 0 Å². The molecule has 0 saturated carbocycles. The second-order valence-corrected chi connectivity index (χ2v) is 4.29. The first-order chi connectivity index (χ1) is 9.09. The monoisotopic (exact) mass is 256 g/mol. The fraction of sp³-hybridized carbons (Fsp3) is 0. The number of hydrogen-bond acceptors (Lipinski definition) is 5. The Morgan fingerprint density at radius 3 is 2.11 bits per heavy atom. The van der Waals surface area contributed by atoms with E-state index in [4.69, 9.17) is 4.42 Å². The Bertz CT molecular complexity index is 750. The first-order valence-corrected chi connectivity index (χ1v) is 5.76. The minimum Gasteiger partial charge on any atom is -0.456 e. The lowest BCUT2D eigenvalue weighted by Crippen LogP contribution is -2.31. The number of benzene rings is 2. The van der Waals surface area contributed by atoms with Crippen molar-refractivity contribution in [3.05, 3.63) is 36.4 Å². The Labute approximate surface area is 109 Å². The number of hydrogen-bond donors (Lipinski definition) is 4. The molecular formula is C12H10B2O5. The van der Waals surface area contributed by atoms with Gasteiger partial charge < -0.3 is 24.5 Å². The van der Waals surface area contributed by atoms with Crippen molar-refractivity contribution in [1.82, 2.24) is 0 Å². The van der Waals surface area contributed by atoms with Gasteiger partial charge in [-0.25, -0.2) is 0 Å². The van der Waals surface area contributed by atoms with E-state index in [2.05, 4.69) is 0 Å². The molecule has 0 radical (unpaired) electrons. The molecule has 0 spiro atoms. The molecule has 5 nitrogen and oxygen atoms in total. The number of rotatable bonds is 2. The first-order valence-electron chi connectivity index (χ1n) is 5.76. The molecule has 1 heterocycles. The molecule has 4 N–H and O–H groups in total. The van der Waals surface area contributed by atoms with Crippen LogP contribution in [0.3, 0.4) is 0 Å². The van der Waals surface area contributed by atoms with E-state index < -0.39 is 14.2 Å². The van der Waals surface area contributed by atoms with E-state index in [0.29, 0.717) is 27.4 Å². The standard InChI is InChI=1S/C12H10B2O5/c15-13(16)8-4-2-6-10-11(8)7-3-1-5-9(14(17)18)12(7)19-10/h1-6,15-18H. The van der Waals surface area contributed by atoms with E-state index in [0.717, 1.165) is 0 Å². The summed E-state index contributed by atoms with van der Waals surface area (Å²) in [5.41, 5.74) is 1.36. The molecule has 0 aliphatic rings. The smallest absolute Gasteiger partial charge is 0.456 e. The van der Waals surface area contributed by atoms with Gasteiger partial charge in [-0.1, -0.05) is 30.3 Å². The van der Waals surface area contributed by atoms with Gasteiger partial charge in [0.1, 0.15) is 11.2 Å². The van der Waals surface area contributed by atoms with Crippen molar-refractivity contribution in [3.8, 4) is 0 Å². The van der Waals surface area contributed by atoms with Gasteiger partial charge in [0.2, 0.25) is 0 Å². The molecular weight excluding hydrogens is 246 g/mol. The van der Waals surface area contributed by atoms with Gasteiger partial charge in [0.15, 0.2) is 0 Å². The van der Waals surface area contributed by atoms with Crippen LogP contribution in [0, 0.1) is 0 Å². The summed E-state index contributed by atoms with van der Waals surface area (Å²) in [6.07, 6.45) is 0. The lowest BCUT2D eigenvalue weighted by molar-refractivity contribution is 0.424. The summed E-state index contributed by atoms with van der Waals surface area (Å²) in [7, 11) is -3.26. The van der Waals surface area contributed by atoms with Gasteiger partial charge in [-0.2, -0.15) is 0 Å². The molecule has 94 valence electrons. The molecule has 0 amide bonds. The fourth-order valence-corrected chi connectivity index (χ4v) is 2.32. The maximum atomic E-state index is 9.39. The Hall–Kier alpha value is -1.79. The largest absolute Gasteiger partial charge is 0.492 e. The Morgan fingerprint density at radius 1 is 0.789 bits per heavy atom. The van der Waals surface area contributed by atoms with E-state index in [9.17, 15) is 20.1 Å². The van der Waals surface area contributed by atoms with Crippen LogP contribution in [0.15, 0.2) is 40.8 Å². The Morgan fingerprint density at radius 2 is 1.42 bits per heavy atom. The molecule has 2 aromatic carbocycles. The van der Waals surface area contributed by atoms with E-state index in [1.54, 1.807) is 36.4 Å². The normalized spacial score (nSPS) is 11.2. The highest BCUT2D eigenvalue weighted by Gasteiger charge is 2.23. The zero-order valence-corrected chi connectivity index (χ0v) is 9.82. The zero-order valence-electron chi connectivity index (χ0n) is 9.82. The molecule has 3 aromatic rings. The van der Waals surface area contributed by atoms with Gasteiger partial charge in [-0.15, -0.1) is 0 Å². The van der Waals surface area contributed by atoms with Crippen LogP contribution < -0.4 is 10.9 Å². The van der Waals surface area contributed by atoms with Crippen molar-refractivity contribution in [1.29, 1.82) is 0 Å². The van der Waals surface area contributed by atoms with Crippen LogP contribution in [-0.4, -0.2) is 34.3 Å². The molecule has 7 heteroatoms. The predicted molar refractivity (Wildman–Crippen MR) is 73.4 cm³/mol. The topological polar surface area (TPSA) is 94.1 Å². The summed E-state index contributed by atoms with van der Waals surface area (Å²) in [4.78, 5) is 0. The molecule has 3 rings (SSSR count). The van der Waals surface area contributed by atoms with Gasteiger partial charge in [0, 0.05) is 16.2 Å². The van der Waals surface area contributed by atoms with Crippen molar-refractivity contribution in [2.45, 2.75) is 0 Å². The number of furan rings is 1. The van der Waals surface area contributed by atoms with Crippen molar-refractivity contribution >= 4 is 47.1 Å². The van der Waals surface area contributed by atoms with Gasteiger partial charge in [0.25, 0.3) is 0 Å². The van der Waals surface area contributed by atoms with E-state index in [1.807, 2.05) is 0 Å². The molecule has 0 aliphatic carbocycles. The van der Waals surface area contributed by atoms with Gasteiger partial charge in [0.05, 0.1) is 0 Å². The summed E-state index contributed by atoms with van der Waals surface area (Å²) < 4.78 is 5.59. The molecule has 1 aromatic heterocycles. The summed E-state index contributed by atoms with van der Waals surface area (Å²) in [5, 5.41) is 38.6. The SMILES string of the molecule is OB(O)c1cccc2c1oc1cccc(B(O)O)c12. The van der Waals surface area contributed by atoms with Crippen LogP contribution in [0.4, 0.5) is 0 Å². The van der Waals surface area contributed by atoms with Crippen LogP contribution in [0.2, 0.25) is 0 Å². The molecule has 0 unspecified atom stereocenters. The van der Waals surface area contributed by atoms with Crippen LogP contribution >= 0.6 is 0 Å². The van der Waals surface area contributed by atoms with Crippen LogP contribution in [0.1, 0.15) is 0 Å². The van der Waals surface area contributed by atoms with Crippen LogP contribution in [0.5, 0.6) is 0 Å². The maximum absolute atomic E-state index is 9.39. The minimum atomic E-state index is -1.65. The van der Waals surface area contributed by atoms with Crippen LogP contribution in [-0.2, 0) is 0 Å². The average molecular weight is 256 g/mol. The summed E-state index contributed by atoms with van der Waals surface area (Å²) in [6, 6.07) is 9.86.